The van der Waals surface area contributed by atoms with E-state index in [2.05, 4.69) is 0 Å². The van der Waals surface area contributed by atoms with Crippen LogP contribution in [0.5, 0.6) is 11.5 Å². The molecule has 1 N–H and O–H groups in total. The van der Waals surface area contributed by atoms with Gasteiger partial charge in [0.05, 0.1) is 20.5 Å². The van der Waals surface area contributed by atoms with Crippen molar-refractivity contribution in [3.8, 4) is 11.5 Å². The summed E-state index contributed by atoms with van der Waals surface area (Å²) < 4.78 is 99.0. The fraction of sp³-hybridized carbons (Fsp3) is 0.480. The van der Waals surface area contributed by atoms with Crippen molar-refractivity contribution in [1.82, 2.24) is 9.80 Å². The summed E-state index contributed by atoms with van der Waals surface area (Å²) in [6.45, 7) is -7.82. The lowest BCUT2D eigenvalue weighted by Crippen LogP contribution is -2.50. The lowest BCUT2D eigenvalue weighted by Gasteiger charge is -2.35. The Morgan fingerprint density at radius 3 is 2.45 bits per heavy atom. The van der Waals surface area contributed by atoms with Gasteiger partial charge in [0, 0.05) is 47.4 Å². The van der Waals surface area contributed by atoms with E-state index in [0.29, 0.717) is 24.6 Å². The number of ketones is 1. The van der Waals surface area contributed by atoms with Gasteiger partial charge in [-0.25, -0.2) is 0 Å². The predicted octanol–water partition coefficient (Wildman–Crippen LogP) is 2.48. The average molecular weight is 438 g/mol. The fourth-order valence-corrected chi connectivity index (χ4v) is 3.30. The molecule has 168 valence electrons. The molecular formula is C25H34N2O4. The van der Waals surface area contributed by atoms with Crippen molar-refractivity contribution in [3.05, 3.63) is 59.1 Å². The molecule has 0 amide bonds. The zero-order chi connectivity index (χ0) is 31.6. The highest BCUT2D eigenvalue weighted by Crippen LogP contribution is 2.25. The second kappa shape index (κ2) is 11.3. The predicted molar refractivity (Wildman–Crippen MR) is 122 cm³/mol. The van der Waals surface area contributed by atoms with Gasteiger partial charge in [-0.15, -0.1) is 0 Å². The second-order valence-electron chi connectivity index (χ2n) is 7.22. The molecule has 1 heterocycles. The third kappa shape index (κ3) is 6.79. The van der Waals surface area contributed by atoms with E-state index in [4.69, 9.17) is 24.6 Å². The molecule has 0 aliphatic carbocycles. The van der Waals surface area contributed by atoms with Crippen LogP contribution in [0.25, 0.3) is 0 Å². The normalized spacial score (nSPS) is 22.6. The van der Waals surface area contributed by atoms with Crippen LogP contribution in [0.4, 0.5) is 0 Å². The van der Waals surface area contributed by atoms with Crippen molar-refractivity contribution < 1.29 is 34.5 Å². The molecule has 31 heavy (non-hydrogen) atoms. The number of benzene rings is 2. The first kappa shape index (κ1) is 12.6. The number of carbonyl (C=O) groups excluding carboxylic acids is 1. The van der Waals surface area contributed by atoms with Gasteiger partial charge in [-0.1, -0.05) is 30.3 Å². The van der Waals surface area contributed by atoms with E-state index in [1.807, 2.05) is 4.90 Å². The smallest absolute Gasteiger partial charge is 0.161 e. The summed E-state index contributed by atoms with van der Waals surface area (Å²) in [6.07, 6.45) is -1.85. The summed E-state index contributed by atoms with van der Waals surface area (Å²) in [4.78, 5) is 16.4. The first-order chi connectivity index (χ1) is 19.4. The Labute approximate surface area is 200 Å². The van der Waals surface area contributed by atoms with Crippen molar-refractivity contribution in [3.63, 3.8) is 0 Å². The minimum Gasteiger partial charge on any atom is -0.493 e. The molecule has 1 aliphatic heterocycles. The summed E-state index contributed by atoms with van der Waals surface area (Å²) in [5.41, 5.74) is -2.31. The number of hydrogen-bond donors (Lipinski definition) is 1. The van der Waals surface area contributed by atoms with Gasteiger partial charge in [-0.2, -0.15) is 0 Å². The highest BCUT2D eigenvalue weighted by Gasteiger charge is 2.21. The van der Waals surface area contributed by atoms with Crippen molar-refractivity contribution in [2.45, 2.75) is 26.2 Å². The number of nitrogens with zero attached hydrogens (tertiary/aromatic N) is 2. The number of β-amino-alcohol motifs (C(OH)–C–C–N with tert-alkyl or cyclic N) is 1. The molecule has 3 rings (SSSR count). The summed E-state index contributed by atoms with van der Waals surface area (Å²) in [7, 11) is 1.51. The van der Waals surface area contributed by atoms with Gasteiger partial charge in [0.25, 0.3) is 0 Å². The molecule has 1 saturated heterocycles. The summed E-state index contributed by atoms with van der Waals surface area (Å²) in [5, 5.41) is 10.5. The van der Waals surface area contributed by atoms with Gasteiger partial charge >= 0.3 is 0 Å². The zero-order valence-electron chi connectivity index (χ0n) is 28.4. The number of para-hydroxylation sites is 2. The molecule has 0 bridgehead atoms. The van der Waals surface area contributed by atoms with Crippen molar-refractivity contribution >= 4 is 5.78 Å². The number of hydrogen-bond acceptors (Lipinski definition) is 6. The molecule has 1 fully saturated rings. The molecular weight excluding hydrogens is 392 g/mol. The van der Waals surface area contributed by atoms with Gasteiger partial charge < -0.3 is 14.6 Å². The molecule has 0 aromatic heterocycles. The van der Waals surface area contributed by atoms with Gasteiger partial charge in [-0.3, -0.25) is 14.6 Å². The zero-order valence-corrected chi connectivity index (χ0v) is 17.4. The maximum Gasteiger partial charge on any atom is 0.161 e. The van der Waals surface area contributed by atoms with Crippen molar-refractivity contribution in [2.75, 3.05) is 52.9 Å². The largest absolute Gasteiger partial charge is 0.493 e. The molecule has 0 spiro atoms. The number of aliphatic hydroxyl groups excluding tert-OH is 1. The monoisotopic (exact) mass is 437 g/mol. The highest BCUT2D eigenvalue weighted by atomic mass is 16.5. The molecule has 1 atom stereocenters. The number of aliphatic hydroxyl groups is 1. The third-order valence-electron chi connectivity index (χ3n) is 4.94. The Hall–Kier alpha value is -2.41. The fourth-order valence-electron chi connectivity index (χ4n) is 3.30. The Bertz CT molecular complexity index is 1240. The van der Waals surface area contributed by atoms with Gasteiger partial charge in [0.2, 0.25) is 0 Å². The summed E-state index contributed by atoms with van der Waals surface area (Å²) in [6, 6.07) is 4.33. The topological polar surface area (TPSA) is 62.2 Å². The molecule has 0 saturated carbocycles. The number of carbonyl (C=O) groups is 1. The molecule has 2 aromatic carbocycles. The number of ether oxygens (including phenoxy) is 2. The van der Waals surface area contributed by atoms with E-state index in [1.54, 1.807) is 24.3 Å². The van der Waals surface area contributed by atoms with Crippen LogP contribution in [-0.2, 0) is 11.2 Å². The molecule has 6 nitrogen and oxygen atoms in total. The van der Waals surface area contributed by atoms with E-state index in [1.165, 1.54) is 12.0 Å². The minimum absolute atomic E-state index is 0.00929. The second-order valence-corrected chi connectivity index (χ2v) is 7.22. The molecule has 1 aliphatic rings. The van der Waals surface area contributed by atoms with Crippen LogP contribution in [-0.4, -0.2) is 79.7 Å². The Morgan fingerprint density at radius 1 is 1.16 bits per heavy atom. The van der Waals surface area contributed by atoms with Gasteiger partial charge in [-0.05, 0) is 42.5 Å². The quantitative estimate of drug-likeness (QED) is 0.616. The SMILES string of the molecule is [2H]c1c([2H])c(C([2H])([2H])[2H])c(CC(=O)C([2H])([2H])N2CCN(CC(O)COc3ccccc3OC)CC2)c(C([2H])([2H])[2H])c1[2H]. The molecule has 6 heteroatoms. The number of piperazine rings is 1. The van der Waals surface area contributed by atoms with E-state index in [0.717, 1.165) is 0 Å². The summed E-state index contributed by atoms with van der Waals surface area (Å²) >= 11 is 0. The lowest BCUT2D eigenvalue weighted by atomic mass is 9.98. The molecule has 0 radical (unpaired) electrons. The number of methoxy groups -OCH3 is 1. The first-order valence-electron chi connectivity index (χ1n) is 15.5. The Kier molecular flexibility index (Phi) is 4.58. The van der Waals surface area contributed by atoms with Crippen LogP contribution in [0.3, 0.4) is 0 Å². The maximum atomic E-state index is 13.3. The van der Waals surface area contributed by atoms with Crippen LogP contribution in [0.2, 0.25) is 0 Å². The van der Waals surface area contributed by atoms with Crippen LogP contribution in [0.1, 0.15) is 31.8 Å². The average Bonchev–Trinajstić information content (AvgIpc) is 2.89. The third-order valence-corrected chi connectivity index (χ3v) is 4.94. The number of rotatable bonds is 10. The number of Topliss-reactive ketones (excluding diaryl/α,β-unsaturated/α-hetero) is 1. The maximum absolute atomic E-state index is 13.3. The molecule has 1 unspecified atom stereocenters. The lowest BCUT2D eigenvalue weighted by molar-refractivity contribution is -0.120. The Morgan fingerprint density at radius 2 is 1.81 bits per heavy atom. The van der Waals surface area contributed by atoms with Crippen LogP contribution >= 0.6 is 0 Å². The van der Waals surface area contributed by atoms with Crippen LogP contribution < -0.4 is 9.47 Å². The Balaban J connectivity index is 1.71. The van der Waals surface area contributed by atoms with Gasteiger partial charge in [0.15, 0.2) is 17.3 Å². The molecule has 2 aromatic rings. The van der Waals surface area contributed by atoms with Crippen LogP contribution in [0, 0.1) is 13.7 Å². The van der Waals surface area contributed by atoms with E-state index < -0.39 is 73.3 Å². The van der Waals surface area contributed by atoms with Crippen LogP contribution in [0.15, 0.2) is 42.4 Å². The standard InChI is InChI=1S/C25H34N2O4/c1-19-7-6-8-20(2)23(19)15-21(28)16-26-11-13-27(14-12-26)17-22(29)18-31-25-10-5-4-9-24(25)30-3/h4-10,22,29H,11-18H2,1-3H3/i1D3,2D3,6D,7D,8D,16D2. The van der Waals surface area contributed by atoms with Crippen molar-refractivity contribution in [2.24, 2.45) is 0 Å². The van der Waals surface area contributed by atoms with Crippen molar-refractivity contribution in [1.29, 1.82) is 0 Å². The minimum atomic E-state index is -3.08. The van der Waals surface area contributed by atoms with E-state index >= 15 is 0 Å². The van der Waals surface area contributed by atoms with Gasteiger partial charge in [0.1, 0.15) is 12.7 Å². The first-order valence-corrected chi connectivity index (χ1v) is 9.97. The highest BCUT2D eigenvalue weighted by molar-refractivity contribution is 5.83. The summed E-state index contributed by atoms with van der Waals surface area (Å²) in [5.74, 6) is -0.129. The van der Waals surface area contributed by atoms with E-state index in [-0.39, 0.29) is 26.2 Å². The van der Waals surface area contributed by atoms with E-state index in [9.17, 15) is 9.90 Å².